The van der Waals surface area contributed by atoms with Crippen LogP contribution in [0, 0.1) is 5.92 Å². The van der Waals surface area contributed by atoms with E-state index < -0.39 is 0 Å². The molecule has 0 aliphatic heterocycles. The van der Waals surface area contributed by atoms with Gasteiger partial charge in [-0.15, -0.1) is 0 Å². The molecule has 4 rings (SSSR count). The number of carbonyl (C=O) groups is 1. The zero-order valence-corrected chi connectivity index (χ0v) is 15.6. The van der Waals surface area contributed by atoms with Crippen LogP contribution in [0.4, 0.5) is 0 Å². The lowest BCUT2D eigenvalue weighted by atomic mass is 10.1. The Labute approximate surface area is 158 Å². The zero-order valence-electron chi connectivity index (χ0n) is 15.6. The highest BCUT2D eigenvalue weighted by molar-refractivity contribution is 5.91. The highest BCUT2D eigenvalue weighted by Gasteiger charge is 2.36. The smallest absolute Gasteiger partial charge is 0.244 e. The third-order valence-corrected chi connectivity index (χ3v) is 5.19. The van der Waals surface area contributed by atoms with Crippen LogP contribution in [0.2, 0.25) is 0 Å². The predicted molar refractivity (Wildman–Crippen MR) is 106 cm³/mol. The summed E-state index contributed by atoms with van der Waals surface area (Å²) in [6.07, 6.45) is 7.19. The molecule has 2 unspecified atom stereocenters. The van der Waals surface area contributed by atoms with E-state index in [0.29, 0.717) is 18.4 Å². The fourth-order valence-electron chi connectivity index (χ4n) is 3.41. The molecule has 2 aromatic heterocycles. The minimum Gasteiger partial charge on any atom is -0.497 e. The van der Waals surface area contributed by atoms with E-state index in [-0.39, 0.29) is 5.91 Å². The number of ether oxygens (including phenoxy) is 1. The monoisotopic (exact) mass is 364 g/mol. The van der Waals surface area contributed by atoms with Crippen molar-refractivity contribution < 1.29 is 13.9 Å². The summed E-state index contributed by atoms with van der Waals surface area (Å²) in [6, 6.07) is 9.89. The first-order chi connectivity index (χ1) is 13.1. The number of aromatic nitrogens is 1. The van der Waals surface area contributed by atoms with E-state index >= 15 is 0 Å². The largest absolute Gasteiger partial charge is 0.497 e. The maximum Gasteiger partial charge on any atom is 0.244 e. The van der Waals surface area contributed by atoms with Gasteiger partial charge >= 0.3 is 0 Å². The van der Waals surface area contributed by atoms with Crippen LogP contribution < -0.4 is 10.1 Å². The summed E-state index contributed by atoms with van der Waals surface area (Å²) < 4.78 is 11.0. The molecular weight excluding hydrogens is 340 g/mol. The molecule has 2 atom stereocenters. The number of aromatic amines is 1. The molecule has 2 N–H and O–H groups in total. The van der Waals surface area contributed by atoms with Crippen molar-refractivity contribution in [3.05, 3.63) is 59.7 Å². The topological polar surface area (TPSA) is 67.3 Å². The summed E-state index contributed by atoms with van der Waals surface area (Å²) in [5.41, 5.74) is 2.21. The number of nitrogens with one attached hydrogen (secondary N) is 2. The van der Waals surface area contributed by atoms with Crippen molar-refractivity contribution in [2.45, 2.75) is 25.7 Å². The van der Waals surface area contributed by atoms with Gasteiger partial charge in [0.1, 0.15) is 17.3 Å². The molecule has 0 radical (unpaired) electrons. The van der Waals surface area contributed by atoms with Crippen molar-refractivity contribution in [3.63, 3.8) is 0 Å². The summed E-state index contributed by atoms with van der Waals surface area (Å²) in [4.78, 5) is 15.3. The fraction of sp³-hybridized carbons (Fsp3) is 0.318. The predicted octanol–water partition coefficient (Wildman–Crippen LogP) is 4.27. The van der Waals surface area contributed by atoms with E-state index in [1.807, 2.05) is 36.5 Å². The zero-order chi connectivity index (χ0) is 18.8. The molecule has 1 aliphatic carbocycles. The first-order valence-electron chi connectivity index (χ1n) is 9.33. The Morgan fingerprint density at radius 1 is 1.37 bits per heavy atom. The van der Waals surface area contributed by atoms with Crippen LogP contribution >= 0.6 is 0 Å². The van der Waals surface area contributed by atoms with Gasteiger partial charge in [-0.3, -0.25) is 4.79 Å². The summed E-state index contributed by atoms with van der Waals surface area (Å²) >= 11 is 0. The first kappa shape index (κ1) is 17.5. The number of rotatable bonds is 7. The summed E-state index contributed by atoms with van der Waals surface area (Å²) in [7, 11) is 1.66. The van der Waals surface area contributed by atoms with Crippen LogP contribution in [0.15, 0.2) is 47.0 Å². The van der Waals surface area contributed by atoms with E-state index in [1.54, 1.807) is 13.2 Å². The van der Waals surface area contributed by atoms with Crippen molar-refractivity contribution in [3.8, 4) is 5.75 Å². The number of carbonyl (C=O) groups excluding carboxylic acids is 1. The molecule has 27 heavy (non-hydrogen) atoms. The second kappa shape index (κ2) is 7.35. The maximum absolute atomic E-state index is 12.0. The van der Waals surface area contributed by atoms with Crippen LogP contribution in [0.1, 0.15) is 36.3 Å². The van der Waals surface area contributed by atoms with Crippen molar-refractivity contribution in [2.24, 2.45) is 5.92 Å². The Balaban J connectivity index is 1.29. The molecule has 0 saturated heterocycles. The Hall–Kier alpha value is -2.95. The lowest BCUT2D eigenvalue weighted by Gasteiger charge is -2.03. The minimum absolute atomic E-state index is 0.116. The van der Waals surface area contributed by atoms with Gasteiger partial charge in [0.25, 0.3) is 0 Å². The molecule has 1 amide bonds. The normalized spacial score (nSPS) is 18.9. The summed E-state index contributed by atoms with van der Waals surface area (Å²) in [5, 5.41) is 4.07. The van der Waals surface area contributed by atoms with Gasteiger partial charge in [0.15, 0.2) is 0 Å². The SMILES string of the molecule is COc1ccc2c(CCNC(=O)C=Cc3ccc(C4CC4C)o3)c[nH]c2c1. The molecule has 1 saturated carbocycles. The molecule has 1 fully saturated rings. The van der Waals surface area contributed by atoms with Gasteiger partial charge in [-0.2, -0.15) is 0 Å². The van der Waals surface area contributed by atoms with Gasteiger partial charge in [0, 0.05) is 41.7 Å². The van der Waals surface area contributed by atoms with Crippen LogP contribution in [0.5, 0.6) is 5.75 Å². The Morgan fingerprint density at radius 2 is 2.22 bits per heavy atom. The Morgan fingerprint density at radius 3 is 3.00 bits per heavy atom. The van der Waals surface area contributed by atoms with Crippen LogP contribution in [-0.4, -0.2) is 24.5 Å². The molecule has 2 heterocycles. The third-order valence-electron chi connectivity index (χ3n) is 5.19. The fourth-order valence-corrected chi connectivity index (χ4v) is 3.41. The van der Waals surface area contributed by atoms with E-state index in [0.717, 1.165) is 34.6 Å². The highest BCUT2D eigenvalue weighted by atomic mass is 16.5. The van der Waals surface area contributed by atoms with E-state index in [2.05, 4.69) is 17.2 Å². The number of H-pyrrole nitrogens is 1. The van der Waals surface area contributed by atoms with Gasteiger partial charge in [-0.1, -0.05) is 6.92 Å². The number of fused-ring (bicyclic) bond motifs is 1. The Kier molecular flexibility index (Phi) is 4.75. The van der Waals surface area contributed by atoms with Gasteiger partial charge < -0.3 is 19.5 Å². The molecule has 1 aromatic carbocycles. The molecule has 5 nitrogen and oxygen atoms in total. The van der Waals surface area contributed by atoms with Crippen molar-refractivity contribution in [1.82, 2.24) is 10.3 Å². The van der Waals surface area contributed by atoms with Crippen molar-refractivity contribution in [2.75, 3.05) is 13.7 Å². The Bertz CT molecular complexity index is 983. The molecular formula is C22H24N2O3. The molecule has 3 aromatic rings. The minimum atomic E-state index is -0.116. The van der Waals surface area contributed by atoms with Crippen molar-refractivity contribution in [1.29, 1.82) is 0 Å². The number of hydrogen-bond acceptors (Lipinski definition) is 3. The number of furan rings is 1. The van der Waals surface area contributed by atoms with Gasteiger partial charge in [0.2, 0.25) is 5.91 Å². The summed E-state index contributed by atoms with van der Waals surface area (Å²) in [6.45, 7) is 2.80. The number of methoxy groups -OCH3 is 1. The van der Waals surface area contributed by atoms with E-state index in [1.165, 1.54) is 18.1 Å². The van der Waals surface area contributed by atoms with Crippen LogP contribution in [-0.2, 0) is 11.2 Å². The molecule has 140 valence electrons. The quantitative estimate of drug-likeness (QED) is 0.616. The standard InChI is InChI=1S/C22H24N2O3/c1-14-11-19(14)21-7-4-16(27-21)5-8-22(25)23-10-9-15-13-24-20-12-17(26-2)3-6-18(15)20/h3-8,12-14,19,24H,9-11H2,1-2H3,(H,23,25). The lowest BCUT2D eigenvalue weighted by molar-refractivity contribution is -0.116. The third kappa shape index (κ3) is 3.92. The van der Waals surface area contributed by atoms with E-state index in [9.17, 15) is 4.79 Å². The maximum atomic E-state index is 12.0. The van der Waals surface area contributed by atoms with Gasteiger partial charge in [-0.05, 0) is 54.7 Å². The number of benzene rings is 1. The summed E-state index contributed by atoms with van der Waals surface area (Å²) in [5.74, 6) is 3.73. The van der Waals surface area contributed by atoms with Gasteiger partial charge in [-0.25, -0.2) is 0 Å². The van der Waals surface area contributed by atoms with Crippen molar-refractivity contribution >= 4 is 22.9 Å². The molecule has 0 spiro atoms. The highest BCUT2D eigenvalue weighted by Crippen LogP contribution is 2.47. The number of hydrogen-bond donors (Lipinski definition) is 2. The average Bonchev–Trinajstić information content (AvgIpc) is 3.09. The molecule has 0 bridgehead atoms. The second-order valence-electron chi connectivity index (χ2n) is 7.16. The van der Waals surface area contributed by atoms with Crippen LogP contribution in [0.3, 0.4) is 0 Å². The molecule has 1 aliphatic rings. The van der Waals surface area contributed by atoms with Crippen LogP contribution in [0.25, 0.3) is 17.0 Å². The van der Waals surface area contributed by atoms with Gasteiger partial charge in [0.05, 0.1) is 7.11 Å². The van der Waals surface area contributed by atoms with E-state index in [4.69, 9.17) is 9.15 Å². The average molecular weight is 364 g/mol. The second-order valence-corrected chi connectivity index (χ2v) is 7.16. The lowest BCUT2D eigenvalue weighted by Crippen LogP contribution is -2.23. The first-order valence-corrected chi connectivity index (χ1v) is 9.33. The molecule has 5 heteroatoms. The number of amides is 1.